The van der Waals surface area contributed by atoms with Crippen LogP contribution >= 0.6 is 11.8 Å². The molecule has 0 bridgehead atoms. The van der Waals surface area contributed by atoms with Crippen molar-refractivity contribution in [1.82, 2.24) is 15.5 Å². The first-order valence-electron chi connectivity index (χ1n) is 11.1. The van der Waals surface area contributed by atoms with Gasteiger partial charge in [-0.25, -0.2) is 9.18 Å². The minimum Gasteiger partial charge on any atom is -0.334 e. The van der Waals surface area contributed by atoms with E-state index in [0.29, 0.717) is 22.7 Å². The summed E-state index contributed by atoms with van der Waals surface area (Å²) in [6.45, 7) is 3.87. The van der Waals surface area contributed by atoms with Crippen molar-refractivity contribution >= 4 is 29.1 Å². The molecule has 0 fully saturated rings. The molecule has 1 unspecified atom stereocenters. The lowest BCUT2D eigenvalue weighted by atomic mass is 9.94. The number of anilines is 1. The summed E-state index contributed by atoms with van der Waals surface area (Å²) in [4.78, 5) is 20.7. The van der Waals surface area contributed by atoms with Crippen molar-refractivity contribution in [2.45, 2.75) is 24.8 Å². The molecule has 8 heteroatoms. The molecule has 1 atom stereocenters. The van der Waals surface area contributed by atoms with Gasteiger partial charge in [0.05, 0.1) is 17.3 Å². The average Bonchev–Trinajstić information content (AvgIpc) is 3.35. The van der Waals surface area contributed by atoms with E-state index in [1.807, 2.05) is 68.6 Å². The average molecular weight is 487 g/mol. The summed E-state index contributed by atoms with van der Waals surface area (Å²) in [6.07, 6.45) is 2.02. The van der Waals surface area contributed by atoms with Gasteiger partial charge in [-0.1, -0.05) is 35.0 Å². The second-order valence-corrected chi connectivity index (χ2v) is 9.14. The topological polar surface area (TPSA) is 71.3 Å². The maximum absolute atomic E-state index is 13.4. The fourth-order valence-electron chi connectivity index (χ4n) is 4.12. The molecule has 0 saturated heterocycles. The molecule has 2 heterocycles. The van der Waals surface area contributed by atoms with Crippen LogP contribution in [0.4, 0.5) is 14.9 Å². The minimum absolute atomic E-state index is 0.243. The van der Waals surface area contributed by atoms with Crippen molar-refractivity contribution in [3.63, 3.8) is 0 Å². The number of hydrogen-bond donors (Lipinski definition) is 1. The molecule has 1 aliphatic rings. The van der Waals surface area contributed by atoms with Crippen LogP contribution in [0.25, 0.3) is 17.0 Å². The highest BCUT2D eigenvalue weighted by atomic mass is 32.2. The number of aryl methyl sites for hydroxylation is 1. The van der Waals surface area contributed by atoms with Gasteiger partial charge in [-0.05, 0) is 74.2 Å². The van der Waals surface area contributed by atoms with E-state index >= 15 is 0 Å². The molecule has 1 aliphatic heterocycles. The Morgan fingerprint density at radius 1 is 0.971 bits per heavy atom. The molecule has 1 aromatic heterocycles. The Hall–Kier alpha value is -3.91. The van der Waals surface area contributed by atoms with Crippen LogP contribution in [0.1, 0.15) is 30.0 Å². The smallest absolute Gasteiger partial charge is 0.326 e. The number of aromatic nitrogens is 2. The molecule has 2 amide bonds. The second-order valence-electron chi connectivity index (χ2n) is 8.26. The Morgan fingerprint density at radius 2 is 1.66 bits per heavy atom. The van der Waals surface area contributed by atoms with E-state index < -0.39 is 6.04 Å². The lowest BCUT2D eigenvalue weighted by molar-refractivity contribution is 0.244. The van der Waals surface area contributed by atoms with E-state index in [4.69, 9.17) is 4.52 Å². The summed E-state index contributed by atoms with van der Waals surface area (Å²) in [5, 5.41) is 7.25. The second kappa shape index (κ2) is 9.38. The predicted molar refractivity (Wildman–Crippen MR) is 135 cm³/mol. The summed E-state index contributed by atoms with van der Waals surface area (Å²) < 4.78 is 19.1. The van der Waals surface area contributed by atoms with Crippen molar-refractivity contribution in [3.8, 4) is 11.4 Å². The molecule has 6 nitrogen and oxygen atoms in total. The highest BCUT2D eigenvalue weighted by Crippen LogP contribution is 2.39. The van der Waals surface area contributed by atoms with Gasteiger partial charge >= 0.3 is 6.03 Å². The summed E-state index contributed by atoms with van der Waals surface area (Å²) in [7, 11) is 0. The molecule has 0 radical (unpaired) electrons. The van der Waals surface area contributed by atoms with Crippen molar-refractivity contribution in [1.29, 1.82) is 0 Å². The molecule has 3 aromatic carbocycles. The van der Waals surface area contributed by atoms with Crippen LogP contribution in [0.15, 0.2) is 87.9 Å². The number of thioether (sulfide) groups is 1. The van der Waals surface area contributed by atoms with E-state index in [1.165, 1.54) is 12.1 Å². The molecule has 4 aromatic rings. The van der Waals surface area contributed by atoms with Gasteiger partial charge in [0.2, 0.25) is 5.82 Å². The number of hydrogen-bond acceptors (Lipinski definition) is 5. The number of halogens is 1. The zero-order valence-corrected chi connectivity index (χ0v) is 20.3. The van der Waals surface area contributed by atoms with Gasteiger partial charge in [-0.15, -0.1) is 11.8 Å². The standard InChI is InChI=1S/C27H23FN4O2S/c1-16-4-12-21(13-5-16)32-17(2)23(24(29-27(32)33)18-8-14-22(35-3)15-9-18)26-30-25(31-34-26)19-6-10-20(28)11-7-19/h4-15,24H,1-3H3,(H,29,33). The van der Waals surface area contributed by atoms with Crippen LogP contribution < -0.4 is 10.2 Å². The van der Waals surface area contributed by atoms with E-state index in [2.05, 4.69) is 15.5 Å². The summed E-state index contributed by atoms with van der Waals surface area (Å²) in [6, 6.07) is 20.9. The highest BCUT2D eigenvalue weighted by Gasteiger charge is 2.36. The Morgan fingerprint density at radius 3 is 2.31 bits per heavy atom. The van der Waals surface area contributed by atoms with E-state index in [0.717, 1.165) is 21.7 Å². The fourth-order valence-corrected chi connectivity index (χ4v) is 4.53. The molecule has 0 aliphatic carbocycles. The third-order valence-electron chi connectivity index (χ3n) is 5.98. The van der Waals surface area contributed by atoms with Gasteiger partial charge in [0.25, 0.3) is 5.89 Å². The van der Waals surface area contributed by atoms with Crippen LogP contribution in [0.3, 0.4) is 0 Å². The van der Waals surface area contributed by atoms with Gasteiger partial charge in [0.1, 0.15) is 5.82 Å². The summed E-state index contributed by atoms with van der Waals surface area (Å²) >= 11 is 1.65. The molecule has 5 rings (SSSR count). The Kier molecular flexibility index (Phi) is 6.13. The monoisotopic (exact) mass is 486 g/mol. The number of amides is 2. The normalized spacial score (nSPS) is 15.9. The lowest BCUT2D eigenvalue weighted by Crippen LogP contribution is -2.46. The fraction of sp³-hybridized carbons (Fsp3) is 0.148. The van der Waals surface area contributed by atoms with Crippen molar-refractivity contribution in [3.05, 3.63) is 101 Å². The first-order chi connectivity index (χ1) is 16.9. The molecular weight excluding hydrogens is 463 g/mol. The number of carbonyl (C=O) groups excluding carboxylic acids is 1. The SMILES string of the molecule is CSc1ccc(C2NC(=O)N(c3ccc(C)cc3)C(C)=C2c2nc(-c3ccc(F)cc3)no2)cc1. The molecule has 176 valence electrons. The van der Waals surface area contributed by atoms with Gasteiger partial charge in [-0.3, -0.25) is 4.90 Å². The quantitative estimate of drug-likeness (QED) is 0.322. The first kappa shape index (κ1) is 22.9. The number of rotatable bonds is 5. The van der Waals surface area contributed by atoms with Crippen molar-refractivity contribution < 1.29 is 13.7 Å². The Bertz CT molecular complexity index is 1400. The van der Waals surface area contributed by atoms with E-state index in [-0.39, 0.29) is 17.7 Å². The van der Waals surface area contributed by atoms with Gasteiger partial charge in [0.15, 0.2) is 0 Å². The van der Waals surface area contributed by atoms with Gasteiger partial charge in [0, 0.05) is 16.2 Å². The maximum Gasteiger partial charge on any atom is 0.326 e. The van der Waals surface area contributed by atoms with Crippen molar-refractivity contribution in [2.75, 3.05) is 11.2 Å². The van der Waals surface area contributed by atoms with Gasteiger partial charge in [-0.2, -0.15) is 4.98 Å². The minimum atomic E-state index is -0.485. The van der Waals surface area contributed by atoms with Gasteiger partial charge < -0.3 is 9.84 Å². The third kappa shape index (κ3) is 4.44. The van der Waals surface area contributed by atoms with Crippen LogP contribution in [-0.2, 0) is 0 Å². The number of benzene rings is 3. The van der Waals surface area contributed by atoms with Crippen LogP contribution in [0.5, 0.6) is 0 Å². The van der Waals surface area contributed by atoms with E-state index in [9.17, 15) is 9.18 Å². The van der Waals surface area contributed by atoms with Crippen LogP contribution in [0.2, 0.25) is 0 Å². The third-order valence-corrected chi connectivity index (χ3v) is 6.73. The molecule has 0 spiro atoms. The zero-order chi connectivity index (χ0) is 24.5. The number of urea groups is 1. The predicted octanol–water partition coefficient (Wildman–Crippen LogP) is 6.61. The number of nitrogens with zero attached hydrogens (tertiary/aromatic N) is 3. The summed E-state index contributed by atoms with van der Waals surface area (Å²) in [5.74, 6) is 0.293. The maximum atomic E-state index is 13.4. The Balaban J connectivity index is 1.63. The molecule has 0 saturated carbocycles. The molecular formula is C27H23FN4O2S. The Labute approximate surface area is 206 Å². The number of allylic oxidation sites excluding steroid dienone is 1. The lowest BCUT2D eigenvalue weighted by Gasteiger charge is -2.35. The van der Waals surface area contributed by atoms with Crippen LogP contribution in [-0.4, -0.2) is 22.4 Å². The molecule has 35 heavy (non-hydrogen) atoms. The first-order valence-corrected chi connectivity index (χ1v) is 12.3. The zero-order valence-electron chi connectivity index (χ0n) is 19.4. The summed E-state index contributed by atoms with van der Waals surface area (Å²) in [5.41, 5.74) is 4.75. The number of nitrogens with one attached hydrogen (secondary N) is 1. The van der Waals surface area contributed by atoms with Crippen LogP contribution in [0, 0.1) is 12.7 Å². The largest absolute Gasteiger partial charge is 0.334 e. The van der Waals surface area contributed by atoms with Crippen molar-refractivity contribution in [2.24, 2.45) is 0 Å². The number of carbonyl (C=O) groups is 1. The molecule has 1 N–H and O–H groups in total. The van der Waals surface area contributed by atoms with E-state index in [1.54, 1.807) is 28.8 Å². The highest BCUT2D eigenvalue weighted by molar-refractivity contribution is 7.98.